The number of benzene rings is 2. The smallest absolute Gasteiger partial charge is 0.156 e. The first-order chi connectivity index (χ1) is 15.5. The lowest BCUT2D eigenvalue weighted by Crippen LogP contribution is -2.20. The van der Waals surface area contributed by atoms with E-state index in [4.69, 9.17) is 55.9 Å². The van der Waals surface area contributed by atoms with Crippen LogP contribution in [0.15, 0.2) is 49.6 Å². The summed E-state index contributed by atoms with van der Waals surface area (Å²) in [5, 5.41) is 1.85. The van der Waals surface area contributed by atoms with E-state index in [9.17, 15) is 0 Å². The van der Waals surface area contributed by atoms with E-state index < -0.39 is 5.41 Å². The van der Waals surface area contributed by atoms with Gasteiger partial charge in [-0.25, -0.2) is 0 Å². The molecule has 6 heteroatoms. The molecule has 2 unspecified atom stereocenters. The molecule has 2 aromatic rings. The van der Waals surface area contributed by atoms with E-state index in [1.807, 2.05) is 50.3 Å². The highest BCUT2D eigenvalue weighted by molar-refractivity contribution is 6.38. The van der Waals surface area contributed by atoms with E-state index >= 15 is 0 Å². The van der Waals surface area contributed by atoms with Crippen molar-refractivity contribution < 1.29 is 9.47 Å². The molecule has 180 valence electrons. The second-order valence-corrected chi connectivity index (χ2v) is 10.4. The minimum Gasteiger partial charge on any atom is -0.488 e. The summed E-state index contributed by atoms with van der Waals surface area (Å²) in [4.78, 5) is 0. The monoisotopic (exact) mass is 528 g/mol. The highest BCUT2D eigenvalue weighted by atomic mass is 35.5. The van der Waals surface area contributed by atoms with Crippen molar-refractivity contribution in [3.8, 4) is 11.5 Å². The fraction of sp³-hybridized carbons (Fsp3) is 0.407. The topological polar surface area (TPSA) is 18.5 Å². The maximum Gasteiger partial charge on any atom is 0.156 e. The van der Waals surface area contributed by atoms with Crippen LogP contribution in [-0.4, -0.2) is 12.2 Å². The van der Waals surface area contributed by atoms with Crippen molar-refractivity contribution in [1.82, 2.24) is 0 Å². The number of ether oxygens (including phenoxy) is 2. The Morgan fingerprint density at radius 2 is 1.03 bits per heavy atom. The van der Waals surface area contributed by atoms with Gasteiger partial charge in [0.15, 0.2) is 11.5 Å². The quantitative estimate of drug-likeness (QED) is 0.254. The summed E-state index contributed by atoms with van der Waals surface area (Å²) in [5.41, 5.74) is 1.37. The van der Waals surface area contributed by atoms with Gasteiger partial charge in [0.2, 0.25) is 0 Å². The zero-order valence-corrected chi connectivity index (χ0v) is 22.7. The predicted molar refractivity (Wildman–Crippen MR) is 144 cm³/mol. The Balaban J connectivity index is 2.33. The molecule has 0 aliphatic heterocycles. The summed E-state index contributed by atoms with van der Waals surface area (Å²) >= 11 is 26.3. The molecule has 0 spiro atoms. The second-order valence-electron chi connectivity index (χ2n) is 8.75. The average molecular weight is 530 g/mol. The lowest BCUT2D eigenvalue weighted by Gasteiger charge is -2.29. The molecule has 2 atom stereocenters. The van der Waals surface area contributed by atoms with Crippen LogP contribution in [0.1, 0.15) is 64.5 Å². The van der Waals surface area contributed by atoms with Gasteiger partial charge < -0.3 is 9.47 Å². The molecule has 2 rings (SSSR count). The summed E-state index contributed by atoms with van der Waals surface area (Å²) in [7, 11) is 0. The highest BCUT2D eigenvalue weighted by Gasteiger charge is 2.28. The first kappa shape index (κ1) is 27.9. The van der Waals surface area contributed by atoms with Crippen molar-refractivity contribution >= 4 is 46.4 Å². The van der Waals surface area contributed by atoms with Gasteiger partial charge in [-0.15, -0.1) is 13.2 Å². The third-order valence-corrected chi connectivity index (χ3v) is 6.76. The van der Waals surface area contributed by atoms with Crippen molar-refractivity contribution in [2.45, 2.75) is 71.0 Å². The molecule has 0 heterocycles. The first-order valence-electron chi connectivity index (χ1n) is 11.0. The normalized spacial score (nSPS) is 13.3. The van der Waals surface area contributed by atoms with Gasteiger partial charge in [-0.1, -0.05) is 72.4 Å². The molecule has 33 heavy (non-hydrogen) atoms. The lowest BCUT2D eigenvalue weighted by molar-refractivity contribution is 0.212. The van der Waals surface area contributed by atoms with Crippen LogP contribution in [0.25, 0.3) is 0 Å². The van der Waals surface area contributed by atoms with Gasteiger partial charge in [0.1, 0.15) is 0 Å². The van der Waals surface area contributed by atoms with Gasteiger partial charge in [-0.05, 0) is 74.9 Å². The van der Waals surface area contributed by atoms with Crippen molar-refractivity contribution in [3.63, 3.8) is 0 Å². The summed E-state index contributed by atoms with van der Waals surface area (Å²) in [6, 6.07) is 7.53. The second kappa shape index (κ2) is 12.4. The average Bonchev–Trinajstić information content (AvgIpc) is 2.75. The molecule has 2 aromatic carbocycles. The van der Waals surface area contributed by atoms with Crippen molar-refractivity contribution in [1.29, 1.82) is 0 Å². The largest absolute Gasteiger partial charge is 0.488 e. The Kier molecular flexibility index (Phi) is 10.5. The van der Waals surface area contributed by atoms with E-state index in [0.717, 1.165) is 36.8 Å². The lowest BCUT2D eigenvalue weighted by atomic mass is 9.78. The van der Waals surface area contributed by atoms with Crippen LogP contribution >= 0.6 is 46.4 Å². The van der Waals surface area contributed by atoms with Crippen LogP contribution in [0.2, 0.25) is 20.1 Å². The van der Waals surface area contributed by atoms with Gasteiger partial charge in [0.05, 0.1) is 32.3 Å². The minimum absolute atomic E-state index is 0.0316. The molecular weight excluding hydrogens is 498 g/mol. The zero-order valence-electron chi connectivity index (χ0n) is 19.7. The van der Waals surface area contributed by atoms with Crippen LogP contribution in [0, 0.1) is 0 Å². The van der Waals surface area contributed by atoms with Crippen molar-refractivity contribution in [2.24, 2.45) is 0 Å². The Hall–Kier alpha value is -1.32. The third kappa shape index (κ3) is 7.33. The van der Waals surface area contributed by atoms with Crippen LogP contribution in [0.4, 0.5) is 0 Å². The summed E-state index contributed by atoms with van der Waals surface area (Å²) < 4.78 is 12.0. The molecule has 0 aliphatic rings. The number of hydrogen-bond acceptors (Lipinski definition) is 2. The molecule has 0 amide bonds. The van der Waals surface area contributed by atoms with Gasteiger partial charge >= 0.3 is 0 Å². The predicted octanol–water partition coefficient (Wildman–Crippen LogP) is 10.1. The molecule has 0 saturated heterocycles. The number of hydrogen-bond donors (Lipinski definition) is 0. The minimum atomic E-state index is -0.472. The standard InChI is InChI=1S/C27H32Cl4O2/c1-7-9-11-17(3)32-25-21(28)13-19(14-22(25)29)27(5,6)20-15-23(30)26(24(31)16-20)33-18(4)12-10-8-2/h7-8,13-18H,1-2,9-12H2,3-6H3. The SMILES string of the molecule is C=CCCC(C)Oc1c(Cl)cc(C(C)(C)c2cc(Cl)c(OC(C)CCC=C)c(Cl)c2)cc1Cl. The maximum absolute atomic E-state index is 6.58. The van der Waals surface area contributed by atoms with E-state index in [-0.39, 0.29) is 12.2 Å². The molecule has 0 saturated carbocycles. The molecule has 0 radical (unpaired) electrons. The number of halogens is 4. The molecule has 0 aliphatic carbocycles. The molecular formula is C27H32Cl4O2. The fourth-order valence-corrected chi connectivity index (χ4v) is 4.61. The maximum atomic E-state index is 6.58. The Bertz CT molecular complexity index is 861. The molecule has 0 fully saturated rings. The molecule has 0 N–H and O–H groups in total. The van der Waals surface area contributed by atoms with E-state index in [1.54, 1.807) is 0 Å². The highest BCUT2D eigenvalue weighted by Crippen LogP contribution is 2.44. The Morgan fingerprint density at radius 3 is 1.30 bits per heavy atom. The number of rotatable bonds is 12. The first-order valence-corrected chi connectivity index (χ1v) is 12.6. The van der Waals surface area contributed by atoms with Gasteiger partial charge in [-0.2, -0.15) is 0 Å². The van der Waals surface area contributed by atoms with E-state index in [1.165, 1.54) is 0 Å². The summed E-state index contributed by atoms with van der Waals surface area (Å²) in [6.45, 7) is 15.6. The van der Waals surface area contributed by atoms with Crippen LogP contribution < -0.4 is 9.47 Å². The molecule has 2 nitrogen and oxygen atoms in total. The van der Waals surface area contributed by atoms with Gasteiger partial charge in [-0.3, -0.25) is 0 Å². The van der Waals surface area contributed by atoms with Crippen LogP contribution in [-0.2, 0) is 5.41 Å². The number of allylic oxidation sites excluding steroid dienone is 2. The van der Waals surface area contributed by atoms with Crippen LogP contribution in [0.3, 0.4) is 0 Å². The van der Waals surface area contributed by atoms with Crippen molar-refractivity contribution in [2.75, 3.05) is 0 Å². The zero-order chi connectivity index (χ0) is 24.8. The molecule has 0 aromatic heterocycles. The third-order valence-electron chi connectivity index (χ3n) is 5.63. The summed E-state index contributed by atoms with van der Waals surface area (Å²) in [6.07, 6.45) is 7.05. The Labute approximate surface area is 218 Å². The van der Waals surface area contributed by atoms with Gasteiger partial charge in [0, 0.05) is 5.41 Å². The van der Waals surface area contributed by atoms with E-state index in [0.29, 0.717) is 31.6 Å². The Morgan fingerprint density at radius 1 is 0.727 bits per heavy atom. The van der Waals surface area contributed by atoms with Gasteiger partial charge in [0.25, 0.3) is 0 Å². The fourth-order valence-electron chi connectivity index (χ4n) is 3.46. The van der Waals surface area contributed by atoms with Crippen LogP contribution in [0.5, 0.6) is 11.5 Å². The molecule has 0 bridgehead atoms. The summed E-state index contributed by atoms with van der Waals surface area (Å²) in [5.74, 6) is 0.977. The van der Waals surface area contributed by atoms with E-state index in [2.05, 4.69) is 27.0 Å². The van der Waals surface area contributed by atoms with Crippen molar-refractivity contribution in [3.05, 3.63) is 80.8 Å².